The quantitative estimate of drug-likeness (QED) is 0.588. The Bertz CT molecular complexity index is 951. The van der Waals surface area contributed by atoms with E-state index >= 15 is 0 Å². The van der Waals surface area contributed by atoms with Crippen molar-refractivity contribution >= 4 is 17.0 Å². The van der Waals surface area contributed by atoms with Gasteiger partial charge in [0.05, 0.1) is 37.3 Å². The summed E-state index contributed by atoms with van der Waals surface area (Å²) in [5, 5.41) is 0. The number of nitrogens with one attached hydrogen (secondary N) is 2. The molecule has 1 unspecified atom stereocenters. The second-order valence-electron chi connectivity index (χ2n) is 8.61. The number of ether oxygens (including phenoxy) is 1. The number of aromatic nitrogens is 2. The van der Waals surface area contributed by atoms with Gasteiger partial charge in [-0.2, -0.15) is 0 Å². The van der Waals surface area contributed by atoms with Gasteiger partial charge in [-0.1, -0.05) is 42.5 Å². The smallest absolute Gasteiger partial charge is 0.215 e. The summed E-state index contributed by atoms with van der Waals surface area (Å²) in [6.45, 7) is 9.57. The summed E-state index contributed by atoms with van der Waals surface area (Å²) in [6.07, 6.45) is 2.31. The Balaban J connectivity index is 1.29. The molecule has 2 aromatic carbocycles. The van der Waals surface area contributed by atoms with E-state index in [0.29, 0.717) is 0 Å². The molecule has 158 valence electrons. The summed E-state index contributed by atoms with van der Waals surface area (Å²) < 4.78 is 7.94. The minimum atomic E-state index is 0.909. The zero-order valence-corrected chi connectivity index (χ0v) is 17.7. The molecule has 5 rings (SSSR count). The predicted molar refractivity (Wildman–Crippen MR) is 119 cm³/mol. The number of benzene rings is 2. The minimum absolute atomic E-state index is 0.909. The molecule has 6 heteroatoms. The van der Waals surface area contributed by atoms with Gasteiger partial charge in [0, 0.05) is 19.4 Å². The Kier molecular flexibility index (Phi) is 5.97. The van der Waals surface area contributed by atoms with Crippen molar-refractivity contribution < 1.29 is 14.5 Å². The van der Waals surface area contributed by atoms with E-state index in [4.69, 9.17) is 9.72 Å². The second-order valence-corrected chi connectivity index (χ2v) is 8.61. The molecule has 1 fully saturated rings. The van der Waals surface area contributed by atoms with Gasteiger partial charge in [-0.15, -0.1) is 0 Å². The van der Waals surface area contributed by atoms with Gasteiger partial charge in [-0.25, -0.2) is 4.98 Å². The van der Waals surface area contributed by atoms with Crippen LogP contribution in [0, 0.1) is 0 Å². The Labute approximate surface area is 178 Å². The average Bonchev–Trinajstić information content (AvgIpc) is 3.18. The number of hydrogen-bond acceptors (Lipinski definition) is 3. The molecule has 0 spiro atoms. The monoisotopic (exact) mass is 407 g/mol. The van der Waals surface area contributed by atoms with E-state index in [1.165, 1.54) is 24.0 Å². The van der Waals surface area contributed by atoms with Crippen LogP contribution in [0.4, 0.5) is 5.95 Å². The van der Waals surface area contributed by atoms with Crippen LogP contribution in [0.5, 0.6) is 0 Å². The lowest BCUT2D eigenvalue weighted by atomic mass is 10.1. The van der Waals surface area contributed by atoms with Gasteiger partial charge in [0.2, 0.25) is 5.95 Å². The number of imidazole rings is 1. The van der Waals surface area contributed by atoms with Gasteiger partial charge >= 0.3 is 0 Å². The van der Waals surface area contributed by atoms with E-state index in [-0.39, 0.29) is 0 Å². The van der Waals surface area contributed by atoms with Crippen LogP contribution in [0.2, 0.25) is 0 Å². The van der Waals surface area contributed by atoms with Crippen LogP contribution in [-0.2, 0) is 17.8 Å². The molecule has 3 heterocycles. The highest BCUT2D eigenvalue weighted by atomic mass is 16.5. The number of quaternary nitrogens is 2. The molecule has 2 aliphatic rings. The summed E-state index contributed by atoms with van der Waals surface area (Å²) in [5.41, 5.74) is 3.79. The lowest BCUT2D eigenvalue weighted by Crippen LogP contribution is -3.14. The molecular weight excluding hydrogens is 374 g/mol. The van der Waals surface area contributed by atoms with Gasteiger partial charge in [0.15, 0.2) is 13.3 Å². The van der Waals surface area contributed by atoms with Crippen molar-refractivity contribution in [1.82, 2.24) is 9.55 Å². The van der Waals surface area contributed by atoms with E-state index in [1.54, 1.807) is 9.80 Å². The molecule has 0 saturated carbocycles. The lowest BCUT2D eigenvalue weighted by molar-refractivity contribution is -0.924. The fourth-order valence-electron chi connectivity index (χ4n) is 4.81. The summed E-state index contributed by atoms with van der Waals surface area (Å²) in [5.74, 6) is 1.15. The van der Waals surface area contributed by atoms with Crippen molar-refractivity contribution in [3.8, 4) is 0 Å². The first-order valence-electron chi connectivity index (χ1n) is 11.4. The van der Waals surface area contributed by atoms with Gasteiger partial charge in [-0.05, 0) is 17.7 Å². The maximum atomic E-state index is 5.51. The highest BCUT2D eigenvalue weighted by Gasteiger charge is 2.28. The maximum Gasteiger partial charge on any atom is 0.215 e. The fraction of sp³-hybridized carbons (Fsp3) is 0.458. The van der Waals surface area contributed by atoms with Crippen LogP contribution in [0.1, 0.15) is 12.0 Å². The Morgan fingerprint density at radius 2 is 1.67 bits per heavy atom. The standard InChI is InChI=1S/C24H31N5O/c1-2-7-21(8-3-1)11-14-27-19-28(13-6-12-26-15-17-30-18-16-26)24-25-22-9-4-5-10-23(22)29(24)20-27/h1-5,7-10H,6,11-20H2/p+2. The number of morpholine rings is 1. The number of rotatable bonds is 7. The molecular formula is C24H33N5O+2. The van der Waals surface area contributed by atoms with Crippen molar-refractivity contribution in [2.45, 2.75) is 19.5 Å². The number of para-hydroxylation sites is 2. The van der Waals surface area contributed by atoms with Crippen LogP contribution in [-0.4, -0.2) is 62.2 Å². The van der Waals surface area contributed by atoms with Crippen molar-refractivity contribution in [3.63, 3.8) is 0 Å². The zero-order chi connectivity index (χ0) is 20.2. The third kappa shape index (κ3) is 4.36. The molecule has 1 atom stereocenters. The van der Waals surface area contributed by atoms with Crippen LogP contribution >= 0.6 is 0 Å². The highest BCUT2D eigenvalue weighted by molar-refractivity contribution is 5.78. The van der Waals surface area contributed by atoms with Crippen molar-refractivity contribution in [3.05, 3.63) is 60.2 Å². The van der Waals surface area contributed by atoms with Crippen LogP contribution < -0.4 is 14.7 Å². The number of fused-ring (bicyclic) bond motifs is 3. The largest absolute Gasteiger partial charge is 0.370 e. The second kappa shape index (κ2) is 9.16. The third-order valence-corrected chi connectivity index (χ3v) is 6.48. The zero-order valence-electron chi connectivity index (χ0n) is 17.7. The van der Waals surface area contributed by atoms with E-state index in [9.17, 15) is 0 Å². The Hall–Kier alpha value is -2.41. The topological polar surface area (TPSA) is 39.2 Å². The third-order valence-electron chi connectivity index (χ3n) is 6.48. The molecule has 2 aliphatic heterocycles. The molecule has 30 heavy (non-hydrogen) atoms. The summed E-state index contributed by atoms with van der Waals surface area (Å²) in [4.78, 5) is 10.8. The molecule has 1 saturated heterocycles. The van der Waals surface area contributed by atoms with E-state index < -0.39 is 0 Å². The summed E-state index contributed by atoms with van der Waals surface area (Å²) in [6, 6.07) is 19.4. The first kappa shape index (κ1) is 19.5. The van der Waals surface area contributed by atoms with Crippen molar-refractivity contribution in [2.75, 3.05) is 57.5 Å². The Morgan fingerprint density at radius 3 is 2.53 bits per heavy atom. The van der Waals surface area contributed by atoms with E-state index in [2.05, 4.69) is 64.1 Å². The maximum absolute atomic E-state index is 5.51. The van der Waals surface area contributed by atoms with Gasteiger partial charge in [0.25, 0.3) is 0 Å². The van der Waals surface area contributed by atoms with Crippen LogP contribution in [0.25, 0.3) is 11.0 Å². The average molecular weight is 408 g/mol. The SMILES string of the molecule is c1ccc(CC[NH+]2CN(CCC[NH+]3CCOCC3)c3nc4ccccc4n3C2)cc1. The normalized spacial score (nSPS) is 19.9. The molecule has 1 aromatic heterocycles. The fourth-order valence-corrected chi connectivity index (χ4v) is 4.81. The van der Waals surface area contributed by atoms with Crippen LogP contribution in [0.15, 0.2) is 54.6 Å². The van der Waals surface area contributed by atoms with E-state index in [1.807, 2.05) is 0 Å². The van der Waals surface area contributed by atoms with Crippen LogP contribution in [0.3, 0.4) is 0 Å². The summed E-state index contributed by atoms with van der Waals surface area (Å²) >= 11 is 0. The number of nitrogens with zero attached hydrogens (tertiary/aromatic N) is 3. The molecule has 0 bridgehead atoms. The van der Waals surface area contributed by atoms with Gasteiger partial charge < -0.3 is 14.5 Å². The number of anilines is 1. The number of hydrogen-bond donors (Lipinski definition) is 2. The molecule has 6 nitrogen and oxygen atoms in total. The van der Waals surface area contributed by atoms with Gasteiger partial charge in [-0.3, -0.25) is 9.47 Å². The Morgan fingerprint density at radius 1 is 0.867 bits per heavy atom. The predicted octanol–water partition coefficient (Wildman–Crippen LogP) is 0.204. The molecule has 2 N–H and O–H groups in total. The van der Waals surface area contributed by atoms with Crippen molar-refractivity contribution in [1.29, 1.82) is 0 Å². The highest BCUT2D eigenvalue weighted by Crippen LogP contribution is 2.23. The van der Waals surface area contributed by atoms with Gasteiger partial charge in [0.1, 0.15) is 13.1 Å². The first-order valence-corrected chi connectivity index (χ1v) is 11.4. The lowest BCUT2D eigenvalue weighted by Gasteiger charge is -2.35. The summed E-state index contributed by atoms with van der Waals surface area (Å²) in [7, 11) is 0. The first-order chi connectivity index (χ1) is 14.9. The molecule has 3 aromatic rings. The molecule has 0 radical (unpaired) electrons. The minimum Gasteiger partial charge on any atom is -0.370 e. The molecule has 0 amide bonds. The van der Waals surface area contributed by atoms with E-state index in [0.717, 1.165) is 70.6 Å². The molecule has 0 aliphatic carbocycles. The van der Waals surface area contributed by atoms with Crippen molar-refractivity contribution in [2.24, 2.45) is 0 Å².